The number of rotatable bonds is 6. The topological polar surface area (TPSA) is 58.4 Å². The second-order valence-corrected chi connectivity index (χ2v) is 6.73. The van der Waals surface area contributed by atoms with Gasteiger partial charge in [-0.1, -0.05) is 25.1 Å². The van der Waals surface area contributed by atoms with Gasteiger partial charge in [-0.25, -0.2) is 4.98 Å². The quantitative estimate of drug-likeness (QED) is 0.739. The molecular formula is C18H21N3O2S. The van der Waals surface area contributed by atoms with Crippen molar-refractivity contribution in [3.63, 3.8) is 0 Å². The van der Waals surface area contributed by atoms with Crippen LogP contribution >= 0.6 is 11.3 Å². The van der Waals surface area contributed by atoms with Crippen LogP contribution in [0, 0.1) is 6.92 Å². The number of carbonyl (C=O) groups excluding carboxylic acids is 1. The molecule has 3 rings (SSSR count). The first-order chi connectivity index (χ1) is 11.6. The molecule has 1 aromatic carbocycles. The fraction of sp³-hybridized carbons (Fsp3) is 0.333. The third-order valence-electron chi connectivity index (χ3n) is 3.81. The summed E-state index contributed by atoms with van der Waals surface area (Å²) >= 11 is 1.44. The van der Waals surface area contributed by atoms with Crippen molar-refractivity contribution in [1.29, 1.82) is 0 Å². The molecule has 1 amide bonds. The van der Waals surface area contributed by atoms with Gasteiger partial charge in [0.05, 0.1) is 12.2 Å². The lowest BCUT2D eigenvalue weighted by Crippen LogP contribution is -2.30. The van der Waals surface area contributed by atoms with Gasteiger partial charge >= 0.3 is 0 Å². The predicted octanol–water partition coefficient (Wildman–Crippen LogP) is 3.83. The van der Waals surface area contributed by atoms with Crippen LogP contribution in [-0.2, 0) is 17.8 Å². The number of likely N-dealkylation sites (N-methyl/N-ethyl adjacent to an activating group) is 1. The van der Waals surface area contributed by atoms with Crippen LogP contribution in [0.15, 0.2) is 34.1 Å². The molecule has 6 heteroatoms. The van der Waals surface area contributed by atoms with Crippen LogP contribution in [-0.4, -0.2) is 29.4 Å². The normalized spacial score (nSPS) is 11.3. The maximum atomic E-state index is 12.2. The first-order valence-corrected chi connectivity index (χ1v) is 8.84. The van der Waals surface area contributed by atoms with Gasteiger partial charge in [-0.05, 0) is 20.0 Å². The van der Waals surface area contributed by atoms with E-state index < -0.39 is 0 Å². The van der Waals surface area contributed by atoms with E-state index in [9.17, 15) is 4.79 Å². The Kier molecular flexibility index (Phi) is 4.97. The van der Waals surface area contributed by atoms with E-state index in [1.54, 1.807) is 0 Å². The molecule has 0 bridgehead atoms. The molecule has 5 nitrogen and oxygen atoms in total. The molecule has 0 atom stereocenters. The van der Waals surface area contributed by atoms with Crippen molar-refractivity contribution in [2.75, 3.05) is 18.9 Å². The monoisotopic (exact) mass is 343 g/mol. The minimum absolute atomic E-state index is 0.0577. The Morgan fingerprint density at radius 2 is 2.17 bits per heavy atom. The molecule has 0 aliphatic rings. The van der Waals surface area contributed by atoms with Gasteiger partial charge in [-0.2, -0.15) is 0 Å². The highest BCUT2D eigenvalue weighted by molar-refractivity contribution is 7.13. The van der Waals surface area contributed by atoms with Gasteiger partial charge in [0.15, 0.2) is 5.13 Å². The molecule has 0 aliphatic carbocycles. The Morgan fingerprint density at radius 1 is 1.38 bits per heavy atom. The number of nitrogens with zero attached hydrogens (tertiary/aromatic N) is 2. The lowest BCUT2D eigenvalue weighted by atomic mass is 10.1. The Labute approximate surface area is 145 Å². The molecule has 0 fully saturated rings. The standard InChI is InChI=1S/C18H21N3O2S/c1-4-15-14(13-7-5-6-8-16(13)23-15)9-21(3)10-17(22)20-18-19-12(2)11-24-18/h5-8,11H,4,9-10H2,1-3H3,(H,19,20,22). The Morgan fingerprint density at radius 3 is 2.88 bits per heavy atom. The van der Waals surface area contributed by atoms with Gasteiger partial charge < -0.3 is 9.73 Å². The van der Waals surface area contributed by atoms with E-state index in [0.29, 0.717) is 18.2 Å². The number of hydrogen-bond acceptors (Lipinski definition) is 5. The summed E-state index contributed by atoms with van der Waals surface area (Å²) in [6.45, 7) is 4.97. The molecule has 0 aliphatic heterocycles. The van der Waals surface area contributed by atoms with Gasteiger partial charge in [0, 0.05) is 29.3 Å². The van der Waals surface area contributed by atoms with E-state index in [4.69, 9.17) is 4.42 Å². The highest BCUT2D eigenvalue weighted by atomic mass is 32.1. The summed E-state index contributed by atoms with van der Waals surface area (Å²) in [5.41, 5.74) is 2.98. The van der Waals surface area contributed by atoms with E-state index in [0.717, 1.165) is 34.4 Å². The van der Waals surface area contributed by atoms with Crippen molar-refractivity contribution in [2.24, 2.45) is 0 Å². The summed E-state index contributed by atoms with van der Waals surface area (Å²) in [6.07, 6.45) is 0.836. The third-order valence-corrected chi connectivity index (χ3v) is 4.69. The number of nitrogens with one attached hydrogen (secondary N) is 1. The van der Waals surface area contributed by atoms with Crippen LogP contribution in [0.1, 0.15) is 23.9 Å². The molecule has 2 heterocycles. The van der Waals surface area contributed by atoms with Gasteiger partial charge in [-0.15, -0.1) is 11.3 Å². The number of fused-ring (bicyclic) bond motifs is 1. The molecule has 0 saturated heterocycles. The zero-order chi connectivity index (χ0) is 17.1. The van der Waals surface area contributed by atoms with E-state index in [-0.39, 0.29) is 5.91 Å². The number of thiazole rings is 1. The Bertz CT molecular complexity index is 853. The first-order valence-electron chi connectivity index (χ1n) is 7.96. The van der Waals surface area contributed by atoms with Crippen molar-refractivity contribution in [3.8, 4) is 0 Å². The van der Waals surface area contributed by atoms with Crippen LogP contribution in [0.4, 0.5) is 5.13 Å². The van der Waals surface area contributed by atoms with E-state index in [2.05, 4.69) is 23.3 Å². The summed E-state index contributed by atoms with van der Waals surface area (Å²) in [5, 5.41) is 6.53. The average molecular weight is 343 g/mol. The number of anilines is 1. The molecule has 0 saturated carbocycles. The number of benzene rings is 1. The van der Waals surface area contributed by atoms with E-state index in [1.165, 1.54) is 11.3 Å². The SMILES string of the molecule is CCc1oc2ccccc2c1CN(C)CC(=O)Nc1nc(C)cs1. The van der Waals surface area contributed by atoms with Gasteiger partial charge in [-0.3, -0.25) is 9.69 Å². The fourth-order valence-corrected chi connectivity index (χ4v) is 3.45. The number of aryl methyl sites for hydroxylation is 2. The van der Waals surface area contributed by atoms with Crippen LogP contribution in [0.3, 0.4) is 0 Å². The summed E-state index contributed by atoms with van der Waals surface area (Å²) in [7, 11) is 1.94. The maximum Gasteiger partial charge on any atom is 0.240 e. The maximum absolute atomic E-state index is 12.2. The van der Waals surface area contributed by atoms with Crippen LogP contribution < -0.4 is 5.32 Å². The summed E-state index contributed by atoms with van der Waals surface area (Å²) in [5.74, 6) is 0.928. The van der Waals surface area contributed by atoms with E-state index in [1.807, 2.05) is 42.5 Å². The summed E-state index contributed by atoms with van der Waals surface area (Å²) in [6, 6.07) is 8.04. The predicted molar refractivity (Wildman–Crippen MR) is 97.4 cm³/mol. The number of para-hydroxylation sites is 1. The van der Waals surface area contributed by atoms with Gasteiger partial charge in [0.25, 0.3) is 0 Å². The van der Waals surface area contributed by atoms with Crippen molar-refractivity contribution >= 4 is 33.3 Å². The largest absolute Gasteiger partial charge is 0.461 e. The molecular weight excluding hydrogens is 322 g/mol. The summed E-state index contributed by atoms with van der Waals surface area (Å²) < 4.78 is 5.92. The van der Waals surface area contributed by atoms with Crippen molar-refractivity contribution in [3.05, 3.63) is 46.7 Å². The second kappa shape index (κ2) is 7.15. The van der Waals surface area contributed by atoms with Gasteiger partial charge in [0.2, 0.25) is 5.91 Å². The highest BCUT2D eigenvalue weighted by Crippen LogP contribution is 2.27. The molecule has 0 radical (unpaired) electrons. The van der Waals surface area contributed by atoms with Crippen molar-refractivity contribution in [1.82, 2.24) is 9.88 Å². The number of furan rings is 1. The lowest BCUT2D eigenvalue weighted by Gasteiger charge is -2.16. The fourth-order valence-electron chi connectivity index (χ4n) is 2.75. The molecule has 0 spiro atoms. The number of hydrogen-bond donors (Lipinski definition) is 1. The lowest BCUT2D eigenvalue weighted by molar-refractivity contribution is -0.117. The Balaban J connectivity index is 1.68. The van der Waals surface area contributed by atoms with Crippen molar-refractivity contribution in [2.45, 2.75) is 26.8 Å². The second-order valence-electron chi connectivity index (χ2n) is 5.87. The molecule has 24 heavy (non-hydrogen) atoms. The number of aromatic nitrogens is 1. The third kappa shape index (κ3) is 3.66. The summed E-state index contributed by atoms with van der Waals surface area (Å²) in [4.78, 5) is 18.4. The number of amides is 1. The van der Waals surface area contributed by atoms with Crippen LogP contribution in [0.25, 0.3) is 11.0 Å². The first kappa shape index (κ1) is 16.7. The Hall–Kier alpha value is -2.18. The minimum Gasteiger partial charge on any atom is -0.461 e. The van der Waals surface area contributed by atoms with Gasteiger partial charge in [0.1, 0.15) is 11.3 Å². The number of carbonyl (C=O) groups is 1. The zero-order valence-corrected chi connectivity index (χ0v) is 14.9. The molecule has 0 unspecified atom stereocenters. The molecule has 1 N–H and O–H groups in total. The molecule has 3 aromatic rings. The average Bonchev–Trinajstić information content (AvgIpc) is 3.11. The smallest absolute Gasteiger partial charge is 0.240 e. The highest BCUT2D eigenvalue weighted by Gasteiger charge is 2.16. The van der Waals surface area contributed by atoms with Crippen molar-refractivity contribution < 1.29 is 9.21 Å². The van der Waals surface area contributed by atoms with Crippen LogP contribution in [0.5, 0.6) is 0 Å². The zero-order valence-electron chi connectivity index (χ0n) is 14.1. The minimum atomic E-state index is -0.0577. The van der Waals surface area contributed by atoms with E-state index >= 15 is 0 Å². The molecule has 126 valence electrons. The van der Waals surface area contributed by atoms with Crippen LogP contribution in [0.2, 0.25) is 0 Å². The molecule has 2 aromatic heterocycles.